The van der Waals surface area contributed by atoms with Crippen LogP contribution in [0.2, 0.25) is 0 Å². The van der Waals surface area contributed by atoms with Gasteiger partial charge in [0.2, 0.25) is 5.91 Å². The summed E-state index contributed by atoms with van der Waals surface area (Å²) in [7, 11) is 0. The highest BCUT2D eigenvalue weighted by atomic mass is 79.9. The molecule has 1 heterocycles. The van der Waals surface area contributed by atoms with E-state index in [2.05, 4.69) is 26.6 Å². The van der Waals surface area contributed by atoms with Gasteiger partial charge in [0.15, 0.2) is 5.54 Å². The number of hydrogen-bond donors (Lipinski definition) is 4. The van der Waals surface area contributed by atoms with E-state index in [0.29, 0.717) is 10.0 Å². The second-order valence-electron chi connectivity index (χ2n) is 7.59. The Hall–Kier alpha value is -3.93. The molecule has 0 aliphatic carbocycles. The molecule has 4 amide bonds. The summed E-state index contributed by atoms with van der Waals surface area (Å²) in [4.78, 5) is 34.4. The van der Waals surface area contributed by atoms with Crippen LogP contribution < -0.4 is 21.7 Å². The van der Waals surface area contributed by atoms with Gasteiger partial charge in [-0.3, -0.25) is 9.59 Å². The van der Waals surface area contributed by atoms with E-state index in [1.165, 1.54) is 18.2 Å². The Morgan fingerprint density at radius 3 is 2.17 bits per heavy atom. The van der Waals surface area contributed by atoms with E-state index in [1.807, 2.05) is 11.4 Å². The van der Waals surface area contributed by atoms with Crippen molar-refractivity contribution in [1.82, 2.24) is 10.6 Å². The molecule has 0 aromatic heterocycles. The van der Waals surface area contributed by atoms with Crippen molar-refractivity contribution >= 4 is 39.5 Å². The Balaban J connectivity index is 0.000000338. The molecule has 0 spiro atoms. The van der Waals surface area contributed by atoms with E-state index in [-0.39, 0.29) is 22.7 Å². The molecule has 0 saturated carbocycles. The van der Waals surface area contributed by atoms with Gasteiger partial charge in [0.25, 0.3) is 5.91 Å². The largest absolute Gasteiger partial charge is 0.417 e. The fourth-order valence-electron chi connectivity index (χ4n) is 3.38. The van der Waals surface area contributed by atoms with E-state index in [1.54, 1.807) is 24.3 Å². The average Bonchev–Trinajstić information content (AvgIpc) is 2.83. The summed E-state index contributed by atoms with van der Waals surface area (Å²) in [5.41, 5.74) is 2.42. The number of nitrogens with two attached hydrogens (primary N) is 1. The lowest BCUT2D eigenvalue weighted by Gasteiger charge is -2.41. The van der Waals surface area contributed by atoms with Gasteiger partial charge in [-0.2, -0.15) is 13.2 Å². The van der Waals surface area contributed by atoms with Crippen LogP contribution in [0.15, 0.2) is 77.3 Å². The summed E-state index contributed by atoms with van der Waals surface area (Å²) >= 11 is 3.12. The standard InChI is InChI=1S/C17H12BrF4N3O2.C7H7NO/c18-10-3-6-13-12(7-10)16(17(20,21)22,25-15(27)24-13)8-23-14(26)9-1-4-11(19)5-2-9;8-7(9)6-4-2-1-3-5-6/h1-7H,8H2,(H,23,26)(H2,24,25,27);1-5H,(H2,8,9). The number of alkyl halides is 3. The van der Waals surface area contributed by atoms with Crippen molar-refractivity contribution in [3.8, 4) is 0 Å². The van der Waals surface area contributed by atoms with Crippen molar-refractivity contribution in [3.63, 3.8) is 0 Å². The first-order valence-corrected chi connectivity index (χ1v) is 11.1. The average molecular weight is 567 g/mol. The van der Waals surface area contributed by atoms with Crippen molar-refractivity contribution in [2.45, 2.75) is 11.7 Å². The SMILES string of the molecule is NC(=O)c1ccccc1.O=C1Nc2ccc(Br)cc2C(CNC(=O)c2ccc(F)cc2)(C(F)(F)F)N1. The van der Waals surface area contributed by atoms with Crippen LogP contribution in [-0.2, 0) is 5.54 Å². The Morgan fingerprint density at radius 2 is 1.61 bits per heavy atom. The number of anilines is 1. The summed E-state index contributed by atoms with van der Waals surface area (Å²) in [5.74, 6) is -1.79. The van der Waals surface area contributed by atoms with Crippen molar-refractivity contribution < 1.29 is 31.9 Å². The molecule has 7 nitrogen and oxygen atoms in total. The summed E-state index contributed by atoms with van der Waals surface area (Å²) in [5, 5.41) is 6.39. The number of benzene rings is 3. The van der Waals surface area contributed by atoms with Crippen molar-refractivity contribution in [2.75, 3.05) is 11.9 Å². The molecule has 12 heteroatoms. The number of carbonyl (C=O) groups excluding carboxylic acids is 3. The molecule has 3 aromatic rings. The summed E-state index contributed by atoms with van der Waals surface area (Å²) in [6.07, 6.45) is -4.91. The Labute approximate surface area is 211 Å². The van der Waals surface area contributed by atoms with Gasteiger partial charge in [-0.25, -0.2) is 9.18 Å². The highest BCUT2D eigenvalue weighted by molar-refractivity contribution is 9.10. The third-order valence-electron chi connectivity index (χ3n) is 5.18. The number of rotatable bonds is 4. The molecule has 188 valence electrons. The fraction of sp³-hybridized carbons (Fsp3) is 0.125. The maximum atomic E-state index is 14.0. The van der Waals surface area contributed by atoms with Crippen LogP contribution in [0.5, 0.6) is 0 Å². The topological polar surface area (TPSA) is 113 Å². The van der Waals surface area contributed by atoms with E-state index in [9.17, 15) is 31.9 Å². The quantitative estimate of drug-likeness (QED) is 0.343. The fourth-order valence-corrected chi connectivity index (χ4v) is 3.74. The smallest absolute Gasteiger partial charge is 0.366 e. The van der Waals surface area contributed by atoms with Crippen LogP contribution in [0.3, 0.4) is 0 Å². The molecule has 1 atom stereocenters. The van der Waals surface area contributed by atoms with Crippen molar-refractivity contribution in [3.05, 3.63) is 99.8 Å². The van der Waals surface area contributed by atoms with Crippen LogP contribution in [0.25, 0.3) is 0 Å². The van der Waals surface area contributed by atoms with E-state index < -0.39 is 36.0 Å². The first-order valence-electron chi connectivity index (χ1n) is 10.3. The minimum Gasteiger partial charge on any atom is -0.366 e. The van der Waals surface area contributed by atoms with Crippen LogP contribution >= 0.6 is 15.9 Å². The number of amides is 4. The zero-order valence-corrected chi connectivity index (χ0v) is 19.9. The van der Waals surface area contributed by atoms with E-state index >= 15 is 0 Å². The first kappa shape index (κ1) is 26.7. The third-order valence-corrected chi connectivity index (χ3v) is 5.67. The van der Waals surface area contributed by atoms with Gasteiger partial charge in [0.1, 0.15) is 5.82 Å². The molecule has 0 fully saturated rings. The zero-order valence-electron chi connectivity index (χ0n) is 18.3. The van der Waals surface area contributed by atoms with Gasteiger partial charge in [-0.05, 0) is 54.6 Å². The number of nitrogens with one attached hydrogen (secondary N) is 3. The molecule has 0 bridgehead atoms. The molecule has 1 aliphatic heterocycles. The molecule has 36 heavy (non-hydrogen) atoms. The maximum Gasteiger partial charge on any atom is 0.417 e. The van der Waals surface area contributed by atoms with Gasteiger partial charge in [-0.1, -0.05) is 34.1 Å². The molecule has 1 unspecified atom stereocenters. The monoisotopic (exact) mass is 566 g/mol. The van der Waals surface area contributed by atoms with Gasteiger partial charge in [0, 0.05) is 26.9 Å². The molecule has 0 saturated heterocycles. The minimum absolute atomic E-state index is 0.0107. The lowest BCUT2D eigenvalue weighted by Crippen LogP contribution is -2.64. The maximum absolute atomic E-state index is 14.0. The van der Waals surface area contributed by atoms with Gasteiger partial charge < -0.3 is 21.7 Å². The Kier molecular flexibility index (Phi) is 7.98. The summed E-state index contributed by atoms with van der Waals surface area (Å²) in [6, 6.07) is 16.1. The Morgan fingerprint density at radius 1 is 0.972 bits per heavy atom. The summed E-state index contributed by atoms with van der Waals surface area (Å²) in [6.45, 7) is -0.941. The second kappa shape index (κ2) is 10.8. The van der Waals surface area contributed by atoms with Gasteiger partial charge >= 0.3 is 12.2 Å². The highest BCUT2D eigenvalue weighted by Crippen LogP contribution is 2.44. The molecule has 0 radical (unpaired) electrons. The van der Waals surface area contributed by atoms with Gasteiger partial charge in [0.05, 0.1) is 6.54 Å². The second-order valence-corrected chi connectivity index (χ2v) is 8.51. The molecular formula is C24H19BrF4N4O3. The van der Waals surface area contributed by atoms with E-state index in [0.717, 1.165) is 24.3 Å². The number of fused-ring (bicyclic) bond motifs is 1. The van der Waals surface area contributed by atoms with Crippen LogP contribution in [0.1, 0.15) is 26.3 Å². The molecule has 5 N–H and O–H groups in total. The number of urea groups is 1. The molecule has 1 aliphatic rings. The first-order chi connectivity index (χ1) is 16.9. The number of halogens is 5. The van der Waals surface area contributed by atoms with Crippen molar-refractivity contribution in [1.29, 1.82) is 0 Å². The lowest BCUT2D eigenvalue weighted by molar-refractivity contribution is -0.195. The predicted octanol–water partition coefficient (Wildman–Crippen LogP) is 4.70. The summed E-state index contributed by atoms with van der Waals surface area (Å²) < 4.78 is 55.4. The molecular weight excluding hydrogens is 548 g/mol. The molecule has 3 aromatic carbocycles. The zero-order chi connectivity index (χ0) is 26.5. The van der Waals surface area contributed by atoms with E-state index in [4.69, 9.17) is 5.73 Å². The predicted molar refractivity (Wildman–Crippen MR) is 128 cm³/mol. The number of carbonyl (C=O) groups is 3. The normalized spacial score (nSPS) is 16.4. The van der Waals surface area contributed by atoms with Crippen LogP contribution in [-0.4, -0.2) is 30.6 Å². The third kappa shape index (κ3) is 6.00. The Bertz CT molecular complexity index is 1270. The van der Waals surface area contributed by atoms with Crippen molar-refractivity contribution in [2.24, 2.45) is 5.73 Å². The molecule has 4 rings (SSSR count). The van der Waals surface area contributed by atoms with Crippen LogP contribution in [0.4, 0.5) is 28.0 Å². The lowest BCUT2D eigenvalue weighted by atomic mass is 9.86. The minimum atomic E-state index is -4.91. The van der Waals surface area contributed by atoms with Crippen LogP contribution in [0, 0.1) is 5.82 Å². The number of primary amides is 1. The van der Waals surface area contributed by atoms with Gasteiger partial charge in [-0.15, -0.1) is 0 Å². The highest BCUT2D eigenvalue weighted by Gasteiger charge is 2.59. The number of hydrogen-bond acceptors (Lipinski definition) is 3.